The number of carbonyl (C=O) groups is 3. The number of amides is 3. The number of hydrogen-bond acceptors (Lipinski definition) is 5. The second-order valence-electron chi connectivity index (χ2n) is 11.1. The van der Waals surface area contributed by atoms with E-state index < -0.39 is 33.3 Å². The summed E-state index contributed by atoms with van der Waals surface area (Å²) >= 11 is 0. The number of fused-ring (bicyclic) bond motifs is 1. The molecule has 1 heterocycles. The second kappa shape index (κ2) is 12.2. The molecular formula is C31H34FN3O5S. The van der Waals surface area contributed by atoms with Crippen LogP contribution < -0.4 is 5.32 Å². The van der Waals surface area contributed by atoms with Crippen LogP contribution in [0.2, 0.25) is 0 Å². The molecule has 3 aromatic carbocycles. The summed E-state index contributed by atoms with van der Waals surface area (Å²) in [5.74, 6) is -1.77. The van der Waals surface area contributed by atoms with E-state index >= 15 is 0 Å². The lowest BCUT2D eigenvalue weighted by Gasteiger charge is -2.34. The van der Waals surface area contributed by atoms with Crippen LogP contribution in [0.25, 0.3) is 0 Å². The van der Waals surface area contributed by atoms with Crippen molar-refractivity contribution in [1.29, 1.82) is 0 Å². The van der Waals surface area contributed by atoms with Crippen molar-refractivity contribution >= 4 is 27.7 Å². The van der Waals surface area contributed by atoms with Crippen LogP contribution in [0.1, 0.15) is 55.1 Å². The number of carbonyl (C=O) groups excluding carboxylic acids is 3. The fourth-order valence-corrected chi connectivity index (χ4v) is 6.37. The van der Waals surface area contributed by atoms with Gasteiger partial charge in [-0.2, -0.15) is 0 Å². The Hall–Kier alpha value is -4.05. The molecule has 10 heteroatoms. The fourth-order valence-electron chi connectivity index (χ4n) is 4.76. The van der Waals surface area contributed by atoms with Crippen LogP contribution in [0.3, 0.4) is 0 Å². The minimum Gasteiger partial charge on any atom is -0.350 e. The SMILES string of the molecule is CC(C)(C)NC(=O)[C@@H](Cc1ccccc1)N(Cc1ccc(F)cc1)C(=O)CCCN1C(=O)c2ccccc2S1(=O)=O. The first-order valence-electron chi connectivity index (χ1n) is 13.4. The van der Waals surface area contributed by atoms with E-state index in [2.05, 4.69) is 5.32 Å². The molecule has 0 saturated carbocycles. The Morgan fingerprint density at radius 1 is 0.927 bits per heavy atom. The molecule has 1 aliphatic heterocycles. The molecule has 0 aromatic heterocycles. The van der Waals surface area contributed by atoms with Crippen LogP contribution in [-0.2, 0) is 32.6 Å². The highest BCUT2D eigenvalue weighted by atomic mass is 32.2. The van der Waals surface area contributed by atoms with Crippen LogP contribution >= 0.6 is 0 Å². The Labute approximate surface area is 240 Å². The number of benzene rings is 3. The quantitative estimate of drug-likeness (QED) is 0.386. The van der Waals surface area contributed by atoms with E-state index in [0.29, 0.717) is 5.56 Å². The van der Waals surface area contributed by atoms with Gasteiger partial charge < -0.3 is 10.2 Å². The predicted octanol–water partition coefficient (Wildman–Crippen LogP) is 4.31. The van der Waals surface area contributed by atoms with Gasteiger partial charge in [-0.05, 0) is 62.6 Å². The maximum absolute atomic E-state index is 13.8. The van der Waals surface area contributed by atoms with Crippen molar-refractivity contribution in [3.8, 4) is 0 Å². The number of sulfonamides is 1. The van der Waals surface area contributed by atoms with Crippen LogP contribution in [0, 0.1) is 5.82 Å². The van der Waals surface area contributed by atoms with Crippen molar-refractivity contribution in [3.63, 3.8) is 0 Å². The van der Waals surface area contributed by atoms with Gasteiger partial charge in [-0.3, -0.25) is 14.4 Å². The molecule has 0 unspecified atom stereocenters. The molecule has 216 valence electrons. The zero-order valence-corrected chi connectivity index (χ0v) is 24.2. The average Bonchev–Trinajstić information content (AvgIpc) is 3.11. The minimum atomic E-state index is -4.00. The molecule has 0 fully saturated rings. The van der Waals surface area contributed by atoms with E-state index in [1.807, 2.05) is 51.1 Å². The molecule has 8 nitrogen and oxygen atoms in total. The van der Waals surface area contributed by atoms with Crippen molar-refractivity contribution < 1.29 is 27.2 Å². The molecule has 3 amide bonds. The first-order chi connectivity index (χ1) is 19.4. The molecule has 3 aromatic rings. The predicted molar refractivity (Wildman–Crippen MR) is 153 cm³/mol. The van der Waals surface area contributed by atoms with Gasteiger partial charge in [-0.15, -0.1) is 0 Å². The normalized spacial score (nSPS) is 14.8. The lowest BCUT2D eigenvalue weighted by molar-refractivity contribution is -0.142. The van der Waals surface area contributed by atoms with Crippen LogP contribution in [0.15, 0.2) is 83.8 Å². The molecular weight excluding hydrogens is 545 g/mol. The number of halogens is 1. The summed E-state index contributed by atoms with van der Waals surface area (Å²) in [6.45, 7) is 5.41. The number of nitrogens with one attached hydrogen (secondary N) is 1. The lowest BCUT2D eigenvalue weighted by Crippen LogP contribution is -2.54. The van der Waals surface area contributed by atoms with E-state index in [-0.39, 0.29) is 54.6 Å². The smallest absolute Gasteiger partial charge is 0.269 e. The van der Waals surface area contributed by atoms with Crippen LogP contribution in [-0.4, -0.2) is 53.5 Å². The number of rotatable bonds is 10. The zero-order valence-electron chi connectivity index (χ0n) is 23.3. The molecule has 1 atom stereocenters. The summed E-state index contributed by atoms with van der Waals surface area (Å²) in [6.07, 6.45) is 0.200. The van der Waals surface area contributed by atoms with E-state index in [1.54, 1.807) is 24.3 Å². The Kier molecular flexibility index (Phi) is 8.92. The van der Waals surface area contributed by atoms with E-state index in [4.69, 9.17) is 0 Å². The zero-order chi connectivity index (χ0) is 29.8. The van der Waals surface area contributed by atoms with Crippen molar-refractivity contribution in [2.45, 2.75) is 63.1 Å². The van der Waals surface area contributed by atoms with E-state index in [9.17, 15) is 27.2 Å². The van der Waals surface area contributed by atoms with Gasteiger partial charge in [0.05, 0.1) is 5.56 Å². The van der Waals surface area contributed by atoms with Gasteiger partial charge in [0, 0.05) is 31.5 Å². The lowest BCUT2D eigenvalue weighted by atomic mass is 10.00. The minimum absolute atomic E-state index is 0.0422. The van der Waals surface area contributed by atoms with Crippen molar-refractivity contribution in [2.75, 3.05) is 6.54 Å². The van der Waals surface area contributed by atoms with Gasteiger partial charge in [0.15, 0.2) is 0 Å². The molecule has 4 rings (SSSR count). The monoisotopic (exact) mass is 579 g/mol. The van der Waals surface area contributed by atoms with Gasteiger partial charge in [0.1, 0.15) is 16.8 Å². The van der Waals surface area contributed by atoms with Gasteiger partial charge in [-0.25, -0.2) is 17.1 Å². The molecule has 0 aliphatic carbocycles. The number of nitrogens with zero attached hydrogens (tertiary/aromatic N) is 2. The van der Waals surface area contributed by atoms with Gasteiger partial charge in [-0.1, -0.05) is 54.6 Å². The molecule has 0 spiro atoms. The molecule has 41 heavy (non-hydrogen) atoms. The third kappa shape index (κ3) is 7.18. The molecule has 0 radical (unpaired) electrons. The van der Waals surface area contributed by atoms with E-state index in [0.717, 1.165) is 9.87 Å². The molecule has 1 aliphatic rings. The average molecular weight is 580 g/mol. The van der Waals surface area contributed by atoms with E-state index in [1.165, 1.54) is 29.2 Å². The topological polar surface area (TPSA) is 104 Å². The molecule has 1 N–H and O–H groups in total. The Bertz CT molecular complexity index is 1520. The first kappa shape index (κ1) is 29.9. The first-order valence-corrected chi connectivity index (χ1v) is 14.9. The third-order valence-electron chi connectivity index (χ3n) is 6.70. The van der Waals surface area contributed by atoms with Gasteiger partial charge >= 0.3 is 0 Å². The summed E-state index contributed by atoms with van der Waals surface area (Å²) in [5, 5.41) is 2.97. The van der Waals surface area contributed by atoms with Gasteiger partial charge in [0.2, 0.25) is 11.8 Å². The van der Waals surface area contributed by atoms with Crippen molar-refractivity contribution in [3.05, 3.63) is 101 Å². The summed E-state index contributed by atoms with van der Waals surface area (Å²) < 4.78 is 40.3. The van der Waals surface area contributed by atoms with Crippen LogP contribution in [0.5, 0.6) is 0 Å². The van der Waals surface area contributed by atoms with Crippen molar-refractivity contribution in [2.24, 2.45) is 0 Å². The number of hydrogen-bond donors (Lipinski definition) is 1. The summed E-state index contributed by atoms with van der Waals surface area (Å²) in [7, 11) is -4.00. The Balaban J connectivity index is 1.58. The Morgan fingerprint density at radius 2 is 1.56 bits per heavy atom. The molecule has 0 saturated heterocycles. The van der Waals surface area contributed by atoms with Crippen molar-refractivity contribution in [1.82, 2.24) is 14.5 Å². The maximum atomic E-state index is 13.8. The highest BCUT2D eigenvalue weighted by Crippen LogP contribution is 2.30. The Morgan fingerprint density at radius 3 is 2.20 bits per heavy atom. The summed E-state index contributed by atoms with van der Waals surface area (Å²) in [4.78, 5) is 41.6. The maximum Gasteiger partial charge on any atom is 0.269 e. The largest absolute Gasteiger partial charge is 0.350 e. The standard InChI is InChI=1S/C31H34FN3O5S/c1-31(2,3)33-29(37)26(20-22-10-5-4-6-11-22)34(21-23-15-17-24(32)18-16-23)28(36)14-9-19-35-30(38)25-12-7-8-13-27(25)41(35,39)40/h4-8,10-13,15-18,26H,9,14,19-21H2,1-3H3,(H,33,37)/t26-/m1/s1. The second-order valence-corrected chi connectivity index (χ2v) is 12.9. The van der Waals surface area contributed by atoms with Gasteiger partial charge in [0.25, 0.3) is 15.9 Å². The highest BCUT2D eigenvalue weighted by Gasteiger charge is 2.40. The summed E-state index contributed by atoms with van der Waals surface area (Å²) in [6, 6.07) is 20.1. The fraction of sp³-hybridized carbons (Fsp3) is 0.323. The van der Waals surface area contributed by atoms with Crippen LogP contribution in [0.4, 0.5) is 4.39 Å². The molecule has 0 bridgehead atoms. The third-order valence-corrected chi connectivity index (χ3v) is 8.54. The summed E-state index contributed by atoms with van der Waals surface area (Å²) in [5.41, 5.74) is 1.04. The highest BCUT2D eigenvalue weighted by molar-refractivity contribution is 7.90.